The third-order valence-corrected chi connectivity index (χ3v) is 2.16. The van der Waals surface area contributed by atoms with Gasteiger partial charge in [-0.05, 0) is 32.1 Å². The van der Waals surface area contributed by atoms with Crippen molar-refractivity contribution in [2.45, 2.75) is 12.9 Å². The van der Waals surface area contributed by atoms with Gasteiger partial charge in [0.25, 0.3) is 0 Å². The average molecular weight is 211 g/mol. The molecule has 0 bridgehead atoms. The van der Waals surface area contributed by atoms with Gasteiger partial charge in [0.1, 0.15) is 0 Å². The Labute approximate surface area is 93.8 Å². The summed E-state index contributed by atoms with van der Waals surface area (Å²) in [6.45, 7) is -1.28. The van der Waals surface area contributed by atoms with Crippen molar-refractivity contribution < 1.29 is 19.8 Å². The van der Waals surface area contributed by atoms with Gasteiger partial charge in [0, 0.05) is 9.68 Å². The molecule has 1 aromatic carbocycles. The summed E-state index contributed by atoms with van der Waals surface area (Å²) in [5, 5.41) is 2.01. The molecular formula is C11H13NO3. The van der Waals surface area contributed by atoms with Crippen LogP contribution in [-0.4, -0.2) is 25.6 Å². The van der Waals surface area contributed by atoms with Crippen LogP contribution in [-0.2, 0) is 0 Å². The Morgan fingerprint density at radius 1 is 1.60 bits per heavy atom. The average Bonchev–Trinajstić information content (AvgIpc) is 2.71. The van der Waals surface area contributed by atoms with Crippen molar-refractivity contribution in [2.24, 2.45) is 0 Å². The minimum absolute atomic E-state index is 0.0820. The van der Waals surface area contributed by atoms with E-state index in [-0.39, 0.29) is 12.4 Å². The van der Waals surface area contributed by atoms with Crippen LogP contribution in [0, 0.1) is 0 Å². The Hall–Kier alpha value is -1.55. The zero-order valence-electron chi connectivity index (χ0n) is 12.2. The molecule has 1 aromatic rings. The lowest BCUT2D eigenvalue weighted by molar-refractivity contribution is 0.0954. The van der Waals surface area contributed by atoms with Gasteiger partial charge in [-0.25, -0.2) is 0 Å². The second-order valence-electron chi connectivity index (χ2n) is 3.15. The summed E-state index contributed by atoms with van der Waals surface area (Å²) in [5.41, 5.74) is 0.193. The Morgan fingerprint density at radius 3 is 3.20 bits per heavy atom. The maximum Gasteiger partial charge on any atom is 0.231 e. The zero-order chi connectivity index (χ0) is 14.3. The molecular weight excluding hydrogens is 194 g/mol. The van der Waals surface area contributed by atoms with Crippen LogP contribution in [0.25, 0.3) is 0 Å². The van der Waals surface area contributed by atoms with E-state index in [9.17, 15) is 4.79 Å². The highest BCUT2D eigenvalue weighted by Gasteiger charge is 2.18. The molecule has 1 heterocycles. The molecule has 2 rings (SSSR count). The van der Waals surface area contributed by atoms with Crippen molar-refractivity contribution in [2.75, 3.05) is 13.8 Å². The predicted molar refractivity (Wildman–Crippen MR) is 55.4 cm³/mol. The van der Waals surface area contributed by atoms with Gasteiger partial charge in [-0.2, -0.15) is 0 Å². The molecule has 0 aromatic heterocycles. The summed E-state index contributed by atoms with van der Waals surface area (Å²) in [5.74, 6) is 0.282. The molecule has 0 saturated carbocycles. The van der Waals surface area contributed by atoms with E-state index < -0.39 is 18.8 Å². The second-order valence-corrected chi connectivity index (χ2v) is 3.15. The van der Waals surface area contributed by atoms with Crippen molar-refractivity contribution in [3.63, 3.8) is 0 Å². The molecule has 0 amide bonds. The molecule has 0 radical (unpaired) electrons. The monoisotopic (exact) mass is 211 g/mol. The van der Waals surface area contributed by atoms with E-state index in [2.05, 4.69) is 0 Å². The van der Waals surface area contributed by atoms with Gasteiger partial charge in [-0.15, -0.1) is 0 Å². The SMILES string of the molecule is [2H]C([2H])([2H])N[C@@]([2H])(C)C(=O)c1ccc2c(c1)OCO2. The molecule has 1 aliphatic heterocycles. The Morgan fingerprint density at radius 2 is 2.40 bits per heavy atom. The van der Waals surface area contributed by atoms with Crippen molar-refractivity contribution in [1.29, 1.82) is 0 Å². The standard InChI is InChI=1S/C11H13NO3/c1-7(12-2)11(13)8-3-4-9-10(5-8)15-6-14-9/h3-5,7,12H,6H2,1-2H3/t7-/m0/s1/i2D3,7D. The number of nitrogens with one attached hydrogen (secondary N) is 1. The first kappa shape index (κ1) is 6.12. The molecule has 80 valence electrons. The number of hydrogen-bond donors (Lipinski definition) is 1. The number of Topliss-reactive ketones (excluding diaryl/α,β-unsaturated/α-hetero) is 1. The van der Waals surface area contributed by atoms with Crippen molar-refractivity contribution in [3.05, 3.63) is 23.8 Å². The molecule has 1 N–H and O–H groups in total. The number of likely N-dealkylation sites (N-methyl/N-ethyl adjacent to an activating group) is 1. The van der Waals surface area contributed by atoms with Crippen LogP contribution in [0.3, 0.4) is 0 Å². The molecule has 1 atom stereocenters. The molecule has 1 aliphatic rings. The van der Waals surface area contributed by atoms with E-state index in [0.717, 1.165) is 0 Å². The molecule has 0 unspecified atom stereocenters. The van der Waals surface area contributed by atoms with E-state index >= 15 is 0 Å². The van der Waals surface area contributed by atoms with Gasteiger partial charge in [-0.3, -0.25) is 4.79 Å². The molecule has 0 aliphatic carbocycles. The smallest absolute Gasteiger partial charge is 0.231 e. The lowest BCUT2D eigenvalue weighted by Gasteiger charge is -2.09. The number of fused-ring (bicyclic) bond motifs is 1. The van der Waals surface area contributed by atoms with Gasteiger partial charge < -0.3 is 14.8 Å². The lowest BCUT2D eigenvalue weighted by atomic mass is 10.1. The largest absolute Gasteiger partial charge is 0.454 e. The molecule has 4 heteroatoms. The van der Waals surface area contributed by atoms with Crippen molar-refractivity contribution >= 4 is 5.78 Å². The minimum Gasteiger partial charge on any atom is -0.454 e. The number of carbonyl (C=O) groups excluding carboxylic acids is 1. The maximum atomic E-state index is 12.1. The Balaban J connectivity index is 2.24. The van der Waals surface area contributed by atoms with Gasteiger partial charge in [0.15, 0.2) is 17.3 Å². The summed E-state index contributed by atoms with van der Waals surface area (Å²) in [4.78, 5) is 12.1. The minimum atomic E-state index is -2.57. The third-order valence-electron chi connectivity index (χ3n) is 2.16. The van der Waals surface area contributed by atoms with Gasteiger partial charge in [0.2, 0.25) is 6.79 Å². The summed E-state index contributed by atoms with van der Waals surface area (Å²) in [6.07, 6.45) is 0. The summed E-state index contributed by atoms with van der Waals surface area (Å²) in [7, 11) is 0. The van der Waals surface area contributed by atoms with Crippen molar-refractivity contribution in [1.82, 2.24) is 5.32 Å². The fourth-order valence-electron chi connectivity index (χ4n) is 1.31. The van der Waals surface area contributed by atoms with Crippen LogP contribution < -0.4 is 14.8 Å². The second kappa shape index (κ2) is 3.90. The lowest BCUT2D eigenvalue weighted by Crippen LogP contribution is -2.30. The molecule has 4 nitrogen and oxygen atoms in total. The van der Waals surface area contributed by atoms with Gasteiger partial charge in [-0.1, -0.05) is 0 Å². The quantitative estimate of drug-likeness (QED) is 0.763. The summed E-state index contributed by atoms with van der Waals surface area (Å²) < 4.78 is 39.3. The highest BCUT2D eigenvalue weighted by atomic mass is 16.7. The predicted octanol–water partition coefficient (Wildman–Crippen LogP) is 1.21. The summed E-state index contributed by atoms with van der Waals surface area (Å²) >= 11 is 0. The van der Waals surface area contributed by atoms with Crippen LogP contribution in [0.1, 0.15) is 22.8 Å². The van der Waals surface area contributed by atoms with E-state index in [4.69, 9.17) is 15.0 Å². The molecule has 0 saturated heterocycles. The number of benzene rings is 1. The maximum absolute atomic E-state index is 12.1. The van der Waals surface area contributed by atoms with Crippen molar-refractivity contribution in [3.8, 4) is 11.5 Å². The first-order chi connectivity index (χ1) is 8.69. The number of ether oxygens (including phenoxy) is 2. The first-order valence-electron chi connectivity index (χ1n) is 6.43. The third kappa shape index (κ3) is 1.80. The Bertz CT molecular complexity index is 513. The Kier molecular flexibility index (Phi) is 1.59. The number of ketones is 1. The number of hydrogen-bond acceptors (Lipinski definition) is 4. The topological polar surface area (TPSA) is 47.6 Å². The van der Waals surface area contributed by atoms with Crippen LogP contribution in [0.15, 0.2) is 18.2 Å². The zero-order valence-corrected chi connectivity index (χ0v) is 8.16. The molecule has 0 fully saturated rings. The first-order valence-corrected chi connectivity index (χ1v) is 4.43. The molecule has 15 heavy (non-hydrogen) atoms. The summed E-state index contributed by atoms with van der Waals surface area (Å²) in [6, 6.07) is 2.53. The fraction of sp³-hybridized carbons (Fsp3) is 0.364. The number of rotatable bonds is 3. The molecule has 0 spiro atoms. The van der Waals surface area contributed by atoms with Gasteiger partial charge in [0.05, 0.1) is 7.39 Å². The van der Waals surface area contributed by atoms with Gasteiger partial charge >= 0.3 is 0 Å². The van der Waals surface area contributed by atoms with E-state index in [0.29, 0.717) is 11.5 Å². The van der Waals surface area contributed by atoms with Crippen LogP contribution in [0.5, 0.6) is 11.5 Å². The normalized spacial score (nSPS) is 21.9. The van der Waals surface area contributed by atoms with Crippen LogP contribution in [0.4, 0.5) is 0 Å². The highest BCUT2D eigenvalue weighted by Crippen LogP contribution is 2.32. The van der Waals surface area contributed by atoms with Crippen LogP contribution >= 0.6 is 0 Å². The number of carbonyl (C=O) groups is 1. The highest BCUT2D eigenvalue weighted by molar-refractivity contribution is 6.00. The van der Waals surface area contributed by atoms with E-state index in [1.165, 1.54) is 19.1 Å². The van der Waals surface area contributed by atoms with E-state index in [1.807, 2.05) is 5.32 Å². The fourth-order valence-corrected chi connectivity index (χ4v) is 1.31. The van der Waals surface area contributed by atoms with E-state index in [1.54, 1.807) is 6.07 Å². The van der Waals surface area contributed by atoms with Crippen LogP contribution in [0.2, 0.25) is 0 Å².